The van der Waals surface area contributed by atoms with Crippen molar-refractivity contribution in [1.82, 2.24) is 5.32 Å². The summed E-state index contributed by atoms with van der Waals surface area (Å²) in [6, 6.07) is 7.32. The number of anilines is 1. The summed E-state index contributed by atoms with van der Waals surface area (Å²) in [5.41, 5.74) is 0.709. The summed E-state index contributed by atoms with van der Waals surface area (Å²) in [6.07, 6.45) is 0. The largest absolute Gasteiger partial charge is 0.375 e. The number of halogens is 2. The van der Waals surface area contributed by atoms with Crippen LogP contribution in [-0.4, -0.2) is 19.0 Å². The molecule has 84 valence electrons. The Balaban J connectivity index is 2.51. The smallest absolute Gasteiger partial charge is 0.240 e. The lowest BCUT2D eigenvalue weighted by Gasteiger charge is -2.08. The fraction of sp³-hybridized carbons (Fsp3) is 0.200. The van der Waals surface area contributed by atoms with E-state index in [0.717, 1.165) is 3.57 Å². The van der Waals surface area contributed by atoms with Crippen LogP contribution in [0.25, 0.3) is 0 Å². The minimum absolute atomic E-state index is 0.0145. The topological polar surface area (TPSA) is 64.9 Å². The van der Waals surface area contributed by atoms with Crippen LogP contribution in [0.2, 0.25) is 5.02 Å². The van der Waals surface area contributed by atoms with Crippen molar-refractivity contribution in [3.63, 3.8) is 0 Å². The van der Waals surface area contributed by atoms with Gasteiger partial charge in [-0.3, -0.25) is 4.79 Å². The maximum absolute atomic E-state index is 11.2. The number of hydrogen-bond donors (Lipinski definition) is 2. The number of nitrogens with one attached hydrogen (secondary N) is 2. The third-order valence-corrected chi connectivity index (χ3v) is 2.73. The lowest BCUT2D eigenvalue weighted by molar-refractivity contribution is -0.119. The zero-order chi connectivity index (χ0) is 12.0. The molecule has 1 aromatic carbocycles. The van der Waals surface area contributed by atoms with Crippen LogP contribution in [0, 0.1) is 14.9 Å². The standard InChI is InChI=1S/C10H9ClIN3O/c11-8-2-1-7(12)5-9(8)15-6-10(16)14-4-3-13/h1-2,5,15H,4,6H2,(H,14,16). The Morgan fingerprint density at radius 2 is 2.31 bits per heavy atom. The van der Waals surface area contributed by atoms with Gasteiger partial charge in [0.25, 0.3) is 0 Å². The van der Waals surface area contributed by atoms with Gasteiger partial charge in [0.1, 0.15) is 6.54 Å². The Hall–Kier alpha value is -1.000. The third kappa shape index (κ3) is 4.24. The minimum Gasteiger partial charge on any atom is -0.375 e. The molecule has 0 spiro atoms. The molecule has 0 atom stereocenters. The fourth-order valence-electron chi connectivity index (χ4n) is 1.01. The van der Waals surface area contributed by atoms with E-state index in [9.17, 15) is 4.79 Å². The van der Waals surface area contributed by atoms with Crippen molar-refractivity contribution in [2.75, 3.05) is 18.4 Å². The van der Waals surface area contributed by atoms with Gasteiger partial charge in [0.15, 0.2) is 0 Å². The summed E-state index contributed by atoms with van der Waals surface area (Å²) >= 11 is 8.09. The summed E-state index contributed by atoms with van der Waals surface area (Å²) in [4.78, 5) is 11.2. The molecule has 2 N–H and O–H groups in total. The van der Waals surface area contributed by atoms with E-state index in [2.05, 4.69) is 33.2 Å². The van der Waals surface area contributed by atoms with Crippen LogP contribution >= 0.6 is 34.2 Å². The molecule has 16 heavy (non-hydrogen) atoms. The van der Waals surface area contributed by atoms with Crippen LogP contribution in [0.1, 0.15) is 0 Å². The lowest BCUT2D eigenvalue weighted by atomic mass is 10.3. The second kappa shape index (κ2) is 6.55. The van der Waals surface area contributed by atoms with Gasteiger partial charge < -0.3 is 10.6 Å². The van der Waals surface area contributed by atoms with Crippen LogP contribution < -0.4 is 10.6 Å². The lowest BCUT2D eigenvalue weighted by Crippen LogP contribution is -2.30. The number of amides is 1. The molecule has 6 heteroatoms. The molecule has 0 fully saturated rings. The molecule has 0 aliphatic heterocycles. The molecule has 0 radical (unpaired) electrons. The molecule has 0 aliphatic carbocycles. The molecule has 0 heterocycles. The first kappa shape index (κ1) is 13.1. The van der Waals surface area contributed by atoms with E-state index in [4.69, 9.17) is 16.9 Å². The van der Waals surface area contributed by atoms with Crippen molar-refractivity contribution in [2.45, 2.75) is 0 Å². The van der Waals surface area contributed by atoms with Gasteiger partial charge in [-0.2, -0.15) is 5.26 Å². The number of benzene rings is 1. The van der Waals surface area contributed by atoms with Gasteiger partial charge >= 0.3 is 0 Å². The number of carbonyl (C=O) groups is 1. The summed E-state index contributed by atoms with van der Waals surface area (Å²) in [5.74, 6) is -0.239. The van der Waals surface area contributed by atoms with Crippen LogP contribution in [0.5, 0.6) is 0 Å². The van der Waals surface area contributed by atoms with E-state index in [1.807, 2.05) is 18.2 Å². The van der Waals surface area contributed by atoms with E-state index in [-0.39, 0.29) is 19.0 Å². The van der Waals surface area contributed by atoms with Gasteiger partial charge in [-0.25, -0.2) is 0 Å². The Morgan fingerprint density at radius 1 is 1.56 bits per heavy atom. The van der Waals surface area contributed by atoms with Gasteiger partial charge in [0, 0.05) is 3.57 Å². The van der Waals surface area contributed by atoms with Crippen LogP contribution in [0.4, 0.5) is 5.69 Å². The SMILES string of the molecule is N#CCNC(=O)CNc1cc(I)ccc1Cl. The van der Waals surface area contributed by atoms with E-state index >= 15 is 0 Å². The zero-order valence-electron chi connectivity index (χ0n) is 8.26. The van der Waals surface area contributed by atoms with Gasteiger partial charge in [0.2, 0.25) is 5.91 Å². The predicted molar refractivity (Wildman–Crippen MR) is 71.3 cm³/mol. The molecular formula is C10H9ClIN3O. The maximum atomic E-state index is 11.2. The molecule has 0 bridgehead atoms. The molecule has 0 aliphatic rings. The first-order valence-corrected chi connectivity index (χ1v) is 5.91. The van der Waals surface area contributed by atoms with E-state index < -0.39 is 0 Å². The Kier molecular flexibility index (Phi) is 5.35. The Morgan fingerprint density at radius 3 is 3.00 bits per heavy atom. The molecule has 0 saturated heterocycles. The van der Waals surface area contributed by atoms with Crippen molar-refractivity contribution in [1.29, 1.82) is 5.26 Å². The predicted octanol–water partition coefficient (Wildman–Crippen LogP) is 2.00. The highest BCUT2D eigenvalue weighted by Crippen LogP contribution is 2.23. The molecule has 0 aromatic heterocycles. The average Bonchev–Trinajstić information content (AvgIpc) is 2.27. The highest BCUT2D eigenvalue weighted by atomic mass is 127. The number of rotatable bonds is 4. The number of carbonyl (C=O) groups excluding carboxylic acids is 1. The maximum Gasteiger partial charge on any atom is 0.240 e. The molecule has 1 rings (SSSR count). The molecular weight excluding hydrogens is 340 g/mol. The monoisotopic (exact) mass is 349 g/mol. The van der Waals surface area contributed by atoms with Crippen molar-refractivity contribution >= 4 is 45.8 Å². The first-order valence-electron chi connectivity index (χ1n) is 4.46. The fourth-order valence-corrected chi connectivity index (χ4v) is 1.68. The van der Waals surface area contributed by atoms with E-state index in [0.29, 0.717) is 10.7 Å². The molecule has 0 saturated carbocycles. The van der Waals surface area contributed by atoms with E-state index in [1.54, 1.807) is 6.07 Å². The first-order chi connectivity index (χ1) is 7.63. The molecule has 4 nitrogen and oxygen atoms in total. The minimum atomic E-state index is -0.239. The van der Waals surface area contributed by atoms with Crippen molar-refractivity contribution in [3.05, 3.63) is 26.8 Å². The highest BCUT2D eigenvalue weighted by molar-refractivity contribution is 14.1. The Bertz CT molecular complexity index is 431. The summed E-state index contributed by atoms with van der Waals surface area (Å²) < 4.78 is 1.03. The molecule has 1 amide bonds. The number of nitriles is 1. The summed E-state index contributed by atoms with van der Waals surface area (Å²) in [5, 5.41) is 14.2. The summed E-state index contributed by atoms with van der Waals surface area (Å²) in [7, 11) is 0. The molecule has 1 aromatic rings. The second-order valence-corrected chi connectivity index (χ2v) is 4.57. The van der Waals surface area contributed by atoms with Crippen molar-refractivity contribution < 1.29 is 4.79 Å². The second-order valence-electron chi connectivity index (χ2n) is 2.91. The third-order valence-electron chi connectivity index (χ3n) is 1.73. The van der Waals surface area contributed by atoms with Gasteiger partial charge in [-0.1, -0.05) is 11.6 Å². The van der Waals surface area contributed by atoms with Gasteiger partial charge in [-0.15, -0.1) is 0 Å². The van der Waals surface area contributed by atoms with Crippen LogP contribution in [0.3, 0.4) is 0 Å². The van der Waals surface area contributed by atoms with Crippen LogP contribution in [-0.2, 0) is 4.79 Å². The Labute approximate surface area is 112 Å². The van der Waals surface area contributed by atoms with Crippen molar-refractivity contribution in [3.8, 4) is 6.07 Å². The van der Waals surface area contributed by atoms with Gasteiger partial charge in [0.05, 0.1) is 23.3 Å². The quantitative estimate of drug-likeness (QED) is 0.645. The summed E-state index contributed by atoms with van der Waals surface area (Å²) in [6.45, 7) is 0.113. The zero-order valence-corrected chi connectivity index (χ0v) is 11.2. The van der Waals surface area contributed by atoms with Crippen LogP contribution in [0.15, 0.2) is 18.2 Å². The number of nitrogens with zero attached hydrogens (tertiary/aromatic N) is 1. The van der Waals surface area contributed by atoms with Gasteiger partial charge in [-0.05, 0) is 40.8 Å². The molecule has 0 unspecified atom stereocenters. The number of hydrogen-bond acceptors (Lipinski definition) is 3. The highest BCUT2D eigenvalue weighted by Gasteiger charge is 2.03. The van der Waals surface area contributed by atoms with Crippen molar-refractivity contribution in [2.24, 2.45) is 0 Å². The normalized spacial score (nSPS) is 9.31. The van der Waals surface area contributed by atoms with E-state index in [1.165, 1.54) is 0 Å². The average molecular weight is 350 g/mol.